The van der Waals surface area contributed by atoms with Gasteiger partial charge in [0.2, 0.25) is 5.43 Å². The lowest BCUT2D eigenvalue weighted by atomic mass is 10.3. The lowest BCUT2D eigenvalue weighted by Crippen LogP contribution is -2.14. The molecule has 1 aromatic heterocycles. The van der Waals surface area contributed by atoms with Gasteiger partial charge < -0.3 is 15.4 Å². The van der Waals surface area contributed by atoms with E-state index in [2.05, 4.69) is 0 Å². The number of nitrogens with two attached hydrogens (primary N) is 1. The number of nitrogens with zero attached hydrogens (tertiary/aromatic N) is 1. The quantitative estimate of drug-likeness (QED) is 0.690. The minimum absolute atomic E-state index is 0.191. The first kappa shape index (κ1) is 8.31. The molecule has 0 spiro atoms. The van der Waals surface area contributed by atoms with Gasteiger partial charge in [-0.25, -0.2) is 0 Å². The van der Waals surface area contributed by atoms with Gasteiger partial charge in [-0.05, 0) is 12.8 Å². The predicted octanol–water partition coefficient (Wildman–Crippen LogP) is 0.347. The molecule has 1 aromatic rings. The summed E-state index contributed by atoms with van der Waals surface area (Å²) in [7, 11) is 0. The zero-order valence-corrected chi connectivity index (χ0v) is 7.23. The maximum absolute atomic E-state index is 11.1. The van der Waals surface area contributed by atoms with Crippen molar-refractivity contribution in [2.75, 3.05) is 0 Å². The molecule has 0 amide bonds. The van der Waals surface area contributed by atoms with Crippen molar-refractivity contribution >= 4 is 0 Å². The molecule has 3 N–H and O–H groups in total. The van der Waals surface area contributed by atoms with Crippen molar-refractivity contribution < 1.29 is 5.11 Å². The highest BCUT2D eigenvalue weighted by molar-refractivity contribution is 5.21. The maximum Gasteiger partial charge on any atom is 0.223 e. The Balaban J connectivity index is 2.52. The zero-order chi connectivity index (χ0) is 9.42. The van der Waals surface area contributed by atoms with Crippen LogP contribution in [0.15, 0.2) is 17.1 Å². The molecule has 0 aliphatic heterocycles. The number of aromatic hydroxyl groups is 1. The van der Waals surface area contributed by atoms with Crippen LogP contribution in [0, 0.1) is 0 Å². The standard InChI is InChI=1S/C9H12N2O2/c10-4-7-3-8(12)9(13)5-11(7)6-1-2-6/h3,5-6,13H,1-2,4,10H2. The van der Waals surface area contributed by atoms with Crippen LogP contribution < -0.4 is 11.2 Å². The van der Waals surface area contributed by atoms with Crippen molar-refractivity contribution in [3.63, 3.8) is 0 Å². The third-order valence-electron chi connectivity index (χ3n) is 2.29. The van der Waals surface area contributed by atoms with Gasteiger partial charge in [-0.3, -0.25) is 4.79 Å². The fourth-order valence-corrected chi connectivity index (χ4v) is 1.44. The summed E-state index contributed by atoms with van der Waals surface area (Å²) in [5, 5.41) is 9.22. The lowest BCUT2D eigenvalue weighted by Gasteiger charge is -2.10. The van der Waals surface area contributed by atoms with Crippen molar-refractivity contribution in [1.82, 2.24) is 4.57 Å². The van der Waals surface area contributed by atoms with Gasteiger partial charge in [0.05, 0.1) is 6.20 Å². The van der Waals surface area contributed by atoms with Crippen LogP contribution in [0.5, 0.6) is 5.75 Å². The molecule has 1 fully saturated rings. The van der Waals surface area contributed by atoms with Gasteiger partial charge in [-0.1, -0.05) is 0 Å². The third kappa shape index (κ3) is 1.45. The average molecular weight is 180 g/mol. The Kier molecular flexibility index (Phi) is 1.84. The van der Waals surface area contributed by atoms with E-state index in [4.69, 9.17) is 5.73 Å². The van der Waals surface area contributed by atoms with Crippen LogP contribution in [-0.4, -0.2) is 9.67 Å². The number of hydrogen-bond acceptors (Lipinski definition) is 3. The molecule has 4 heteroatoms. The molecule has 1 heterocycles. The molecular weight excluding hydrogens is 168 g/mol. The topological polar surface area (TPSA) is 68.2 Å². The molecule has 1 aliphatic carbocycles. The lowest BCUT2D eigenvalue weighted by molar-refractivity contribution is 0.458. The predicted molar refractivity (Wildman–Crippen MR) is 48.5 cm³/mol. The van der Waals surface area contributed by atoms with Crippen molar-refractivity contribution in [1.29, 1.82) is 0 Å². The Morgan fingerprint density at radius 2 is 2.31 bits per heavy atom. The molecule has 0 radical (unpaired) electrons. The summed E-state index contributed by atoms with van der Waals surface area (Å²) in [4.78, 5) is 11.1. The van der Waals surface area contributed by atoms with Gasteiger partial charge in [0.25, 0.3) is 0 Å². The smallest absolute Gasteiger partial charge is 0.223 e. The summed E-state index contributed by atoms with van der Waals surface area (Å²) in [6.45, 7) is 0.339. The van der Waals surface area contributed by atoms with Crippen molar-refractivity contribution in [3.8, 4) is 5.75 Å². The van der Waals surface area contributed by atoms with Gasteiger partial charge >= 0.3 is 0 Å². The van der Waals surface area contributed by atoms with E-state index in [1.54, 1.807) is 0 Å². The van der Waals surface area contributed by atoms with E-state index in [1.165, 1.54) is 12.3 Å². The number of aromatic nitrogens is 1. The van der Waals surface area contributed by atoms with Crippen molar-refractivity contribution in [2.24, 2.45) is 5.73 Å². The van der Waals surface area contributed by atoms with Crippen molar-refractivity contribution in [3.05, 3.63) is 28.2 Å². The Morgan fingerprint density at radius 1 is 1.62 bits per heavy atom. The minimum atomic E-state index is -0.350. The van der Waals surface area contributed by atoms with Crippen LogP contribution in [0.4, 0.5) is 0 Å². The fraction of sp³-hybridized carbons (Fsp3) is 0.444. The summed E-state index contributed by atoms with van der Waals surface area (Å²) in [5.41, 5.74) is 5.94. The van der Waals surface area contributed by atoms with Crippen LogP contribution in [0.3, 0.4) is 0 Å². The highest BCUT2D eigenvalue weighted by Crippen LogP contribution is 2.35. The molecule has 0 atom stereocenters. The second-order valence-electron chi connectivity index (χ2n) is 3.36. The number of pyridine rings is 1. The molecular formula is C9H12N2O2. The van der Waals surface area contributed by atoms with Crippen LogP contribution in [0.25, 0.3) is 0 Å². The van der Waals surface area contributed by atoms with E-state index in [1.807, 2.05) is 4.57 Å². The molecule has 2 rings (SSSR count). The van der Waals surface area contributed by atoms with E-state index in [9.17, 15) is 9.90 Å². The van der Waals surface area contributed by atoms with Crippen LogP contribution in [0.1, 0.15) is 24.6 Å². The summed E-state index contributed by atoms with van der Waals surface area (Å²) in [6, 6.07) is 1.85. The second-order valence-corrected chi connectivity index (χ2v) is 3.36. The molecule has 1 aliphatic rings. The Hall–Kier alpha value is -1.29. The number of rotatable bonds is 2. The van der Waals surface area contributed by atoms with Gasteiger partial charge in [0, 0.05) is 24.3 Å². The first-order valence-corrected chi connectivity index (χ1v) is 4.36. The van der Waals surface area contributed by atoms with Crippen LogP contribution in [-0.2, 0) is 6.54 Å². The van der Waals surface area contributed by atoms with Crippen LogP contribution in [0.2, 0.25) is 0 Å². The SMILES string of the molecule is NCc1cc(=O)c(O)cn1C1CC1. The first-order chi connectivity index (χ1) is 6.22. The monoisotopic (exact) mass is 180 g/mol. The molecule has 0 aromatic carbocycles. The molecule has 0 unspecified atom stereocenters. The maximum atomic E-state index is 11.1. The summed E-state index contributed by atoms with van der Waals surface area (Å²) >= 11 is 0. The minimum Gasteiger partial charge on any atom is -0.503 e. The normalized spacial score (nSPS) is 16.1. The summed E-state index contributed by atoms with van der Waals surface area (Å²) in [6.07, 6.45) is 3.70. The van der Waals surface area contributed by atoms with Gasteiger partial charge in [-0.15, -0.1) is 0 Å². The van der Waals surface area contributed by atoms with Crippen LogP contribution >= 0.6 is 0 Å². The first-order valence-electron chi connectivity index (χ1n) is 4.36. The van der Waals surface area contributed by atoms with E-state index < -0.39 is 0 Å². The third-order valence-corrected chi connectivity index (χ3v) is 2.29. The molecule has 0 bridgehead atoms. The highest BCUT2D eigenvalue weighted by atomic mass is 16.3. The van der Waals surface area contributed by atoms with Gasteiger partial charge in [-0.2, -0.15) is 0 Å². The largest absolute Gasteiger partial charge is 0.503 e. The zero-order valence-electron chi connectivity index (χ0n) is 7.23. The molecule has 0 saturated heterocycles. The molecule has 4 nitrogen and oxygen atoms in total. The number of hydrogen-bond donors (Lipinski definition) is 2. The van der Waals surface area contributed by atoms with E-state index in [0.29, 0.717) is 12.6 Å². The Bertz CT molecular complexity index is 380. The molecule has 1 saturated carbocycles. The Morgan fingerprint density at radius 3 is 2.85 bits per heavy atom. The highest BCUT2D eigenvalue weighted by Gasteiger charge is 2.24. The van der Waals surface area contributed by atoms with Crippen molar-refractivity contribution in [2.45, 2.75) is 25.4 Å². The van der Waals surface area contributed by atoms with E-state index in [-0.39, 0.29) is 11.2 Å². The summed E-state index contributed by atoms with van der Waals surface area (Å²) < 4.78 is 1.90. The average Bonchev–Trinajstić information content (AvgIpc) is 2.92. The fourth-order valence-electron chi connectivity index (χ4n) is 1.44. The Labute approximate surface area is 75.6 Å². The molecule has 70 valence electrons. The van der Waals surface area contributed by atoms with E-state index >= 15 is 0 Å². The second kappa shape index (κ2) is 2.88. The van der Waals surface area contributed by atoms with E-state index in [0.717, 1.165) is 18.5 Å². The summed E-state index contributed by atoms with van der Waals surface area (Å²) in [5.74, 6) is -0.191. The van der Waals surface area contributed by atoms with Gasteiger partial charge in [0.15, 0.2) is 5.75 Å². The molecule has 13 heavy (non-hydrogen) atoms. The van der Waals surface area contributed by atoms with Gasteiger partial charge in [0.1, 0.15) is 0 Å².